The van der Waals surface area contributed by atoms with Gasteiger partial charge in [-0.1, -0.05) is 26.7 Å². The van der Waals surface area contributed by atoms with Crippen LogP contribution in [-0.4, -0.2) is 39.6 Å². The van der Waals surface area contributed by atoms with Crippen molar-refractivity contribution in [3.05, 3.63) is 24.3 Å². The minimum atomic E-state index is -0.440. The highest BCUT2D eigenvalue weighted by atomic mass is 16.5. The Hall–Kier alpha value is -2.64. The van der Waals surface area contributed by atoms with E-state index in [1.165, 1.54) is 12.7 Å². The maximum atomic E-state index is 12.5. The highest BCUT2D eigenvalue weighted by molar-refractivity contribution is 5.87. The molecule has 0 spiro atoms. The van der Waals surface area contributed by atoms with E-state index in [0.29, 0.717) is 24.1 Å². The highest BCUT2D eigenvalue weighted by Gasteiger charge is 2.42. The summed E-state index contributed by atoms with van der Waals surface area (Å²) in [6.45, 7) is 4.76. The molecule has 8 nitrogen and oxygen atoms in total. The molecule has 28 heavy (non-hydrogen) atoms. The molecule has 4 atom stereocenters. The third kappa shape index (κ3) is 3.68. The number of amides is 1. The van der Waals surface area contributed by atoms with Gasteiger partial charge in [0.25, 0.3) is 11.8 Å². The van der Waals surface area contributed by atoms with E-state index < -0.39 is 11.9 Å². The Labute approximate surface area is 163 Å². The molecule has 2 aromatic heterocycles. The number of likely N-dealkylation sites (tertiary alicyclic amines) is 1. The summed E-state index contributed by atoms with van der Waals surface area (Å²) in [6, 6.07) is 3.64. The van der Waals surface area contributed by atoms with Crippen LogP contribution in [0.25, 0.3) is 11.7 Å². The monoisotopic (exact) mass is 387 g/mol. The average Bonchev–Trinajstić information content (AvgIpc) is 3.42. The van der Waals surface area contributed by atoms with Crippen LogP contribution in [0, 0.1) is 17.8 Å². The number of hydrogen-bond donors (Lipinski definition) is 0. The van der Waals surface area contributed by atoms with Gasteiger partial charge in [0.05, 0.1) is 12.2 Å². The molecule has 2 fully saturated rings. The molecule has 2 aromatic rings. The summed E-state index contributed by atoms with van der Waals surface area (Å²) in [5.74, 6) is 1.14. The van der Waals surface area contributed by atoms with E-state index in [-0.39, 0.29) is 36.8 Å². The van der Waals surface area contributed by atoms with Crippen molar-refractivity contribution in [1.82, 2.24) is 15.1 Å². The number of aromatic nitrogens is 2. The number of esters is 1. The van der Waals surface area contributed by atoms with Crippen molar-refractivity contribution < 1.29 is 23.2 Å². The van der Waals surface area contributed by atoms with Crippen molar-refractivity contribution in [2.24, 2.45) is 17.8 Å². The van der Waals surface area contributed by atoms with E-state index in [4.69, 9.17) is 13.6 Å². The van der Waals surface area contributed by atoms with Crippen LogP contribution in [0.2, 0.25) is 0 Å². The van der Waals surface area contributed by atoms with E-state index in [1.807, 2.05) is 4.90 Å². The summed E-state index contributed by atoms with van der Waals surface area (Å²) in [5.41, 5.74) is 0. The van der Waals surface area contributed by atoms with Gasteiger partial charge in [0.15, 0.2) is 12.4 Å². The van der Waals surface area contributed by atoms with Gasteiger partial charge >= 0.3 is 5.97 Å². The van der Waals surface area contributed by atoms with E-state index in [0.717, 1.165) is 12.8 Å². The Morgan fingerprint density at radius 3 is 2.96 bits per heavy atom. The fourth-order valence-electron chi connectivity index (χ4n) is 4.27. The molecule has 1 saturated carbocycles. The first kappa shape index (κ1) is 18.7. The van der Waals surface area contributed by atoms with Crippen molar-refractivity contribution in [3.63, 3.8) is 0 Å². The molecule has 3 heterocycles. The van der Waals surface area contributed by atoms with Crippen LogP contribution >= 0.6 is 0 Å². The van der Waals surface area contributed by atoms with Crippen LogP contribution in [0.5, 0.6) is 0 Å². The van der Waals surface area contributed by atoms with Crippen LogP contribution in [0.1, 0.15) is 45.4 Å². The predicted octanol–water partition coefficient (Wildman–Crippen LogP) is 3.05. The maximum absolute atomic E-state index is 12.5. The van der Waals surface area contributed by atoms with Gasteiger partial charge in [0, 0.05) is 19.0 Å². The van der Waals surface area contributed by atoms with Gasteiger partial charge in [-0.2, -0.15) is 0 Å². The fourth-order valence-corrected chi connectivity index (χ4v) is 4.27. The minimum Gasteiger partial charge on any atom is -0.459 e. The van der Waals surface area contributed by atoms with Crippen molar-refractivity contribution in [2.45, 2.75) is 52.2 Å². The molecule has 8 heteroatoms. The first-order valence-corrected chi connectivity index (χ1v) is 9.85. The number of furan rings is 1. The molecular weight excluding hydrogens is 362 g/mol. The summed E-state index contributed by atoms with van der Waals surface area (Å²) >= 11 is 0. The molecule has 0 bridgehead atoms. The first-order chi connectivity index (χ1) is 13.5. The van der Waals surface area contributed by atoms with Gasteiger partial charge in [0.2, 0.25) is 5.91 Å². The van der Waals surface area contributed by atoms with E-state index in [1.54, 1.807) is 12.1 Å². The number of ether oxygens (including phenoxy) is 1. The van der Waals surface area contributed by atoms with Gasteiger partial charge in [-0.15, -0.1) is 10.2 Å². The molecule has 2 aliphatic rings. The average molecular weight is 387 g/mol. The molecule has 0 N–H and O–H groups in total. The largest absolute Gasteiger partial charge is 0.459 e. The van der Waals surface area contributed by atoms with Crippen molar-refractivity contribution in [1.29, 1.82) is 0 Å². The lowest BCUT2D eigenvalue weighted by Gasteiger charge is -2.39. The lowest BCUT2D eigenvalue weighted by atomic mass is 9.77. The summed E-state index contributed by atoms with van der Waals surface area (Å²) in [4.78, 5) is 26.9. The van der Waals surface area contributed by atoms with Crippen LogP contribution in [0.3, 0.4) is 0 Å². The molecular formula is C20H25N3O5. The summed E-state index contributed by atoms with van der Waals surface area (Å²) in [7, 11) is 0. The van der Waals surface area contributed by atoms with Gasteiger partial charge < -0.3 is 18.5 Å². The second-order valence-corrected chi connectivity index (χ2v) is 7.87. The lowest BCUT2D eigenvalue weighted by Crippen LogP contribution is -2.45. The molecule has 0 aromatic carbocycles. The maximum Gasteiger partial charge on any atom is 0.311 e. The number of hydrogen-bond acceptors (Lipinski definition) is 7. The minimum absolute atomic E-state index is 0.0470. The van der Waals surface area contributed by atoms with E-state index in [2.05, 4.69) is 24.0 Å². The molecule has 150 valence electrons. The number of carbonyl (C=O) groups is 2. The zero-order valence-corrected chi connectivity index (χ0v) is 16.2. The van der Waals surface area contributed by atoms with Crippen LogP contribution in [0.15, 0.2) is 27.2 Å². The second kappa shape index (κ2) is 7.77. The topological polar surface area (TPSA) is 98.7 Å². The fraction of sp³-hybridized carbons (Fsp3) is 0.600. The standard InChI is InChI=1S/C20H25N3O5/c1-12-5-3-6-15(13(12)2)23-10-14(9-18(23)24)20(25)27-11-17-21-22-19(28-17)16-7-4-8-26-16/h4,7-8,12-15H,3,5-6,9-11H2,1-2H3/t12-,13-,14-,15+/m1/s1. The molecule has 1 saturated heterocycles. The highest BCUT2D eigenvalue weighted by Crippen LogP contribution is 2.36. The van der Waals surface area contributed by atoms with Gasteiger partial charge in [0.1, 0.15) is 0 Å². The molecule has 0 radical (unpaired) electrons. The van der Waals surface area contributed by atoms with Gasteiger partial charge in [-0.3, -0.25) is 9.59 Å². The summed E-state index contributed by atoms with van der Waals surface area (Å²) in [5, 5.41) is 7.73. The normalized spacial score (nSPS) is 27.9. The molecule has 0 unspecified atom stereocenters. The van der Waals surface area contributed by atoms with Gasteiger partial charge in [-0.25, -0.2) is 0 Å². The Balaban J connectivity index is 1.32. The molecule has 1 aliphatic carbocycles. The second-order valence-electron chi connectivity index (χ2n) is 7.87. The number of rotatable bonds is 5. The zero-order valence-electron chi connectivity index (χ0n) is 16.2. The van der Waals surface area contributed by atoms with E-state index in [9.17, 15) is 9.59 Å². The Bertz CT molecular complexity index is 831. The Kier molecular flexibility index (Phi) is 5.19. The molecule has 4 rings (SSSR count). The third-order valence-corrected chi connectivity index (χ3v) is 6.09. The zero-order chi connectivity index (χ0) is 19.7. The summed E-state index contributed by atoms with van der Waals surface area (Å²) in [6.07, 6.45) is 5.06. The first-order valence-electron chi connectivity index (χ1n) is 9.85. The smallest absolute Gasteiger partial charge is 0.311 e. The quantitative estimate of drug-likeness (QED) is 0.727. The Morgan fingerprint density at radius 2 is 2.18 bits per heavy atom. The van der Waals surface area contributed by atoms with Crippen LogP contribution in [-0.2, 0) is 20.9 Å². The predicted molar refractivity (Wildman–Crippen MR) is 97.6 cm³/mol. The number of nitrogens with zero attached hydrogens (tertiary/aromatic N) is 3. The number of carbonyl (C=O) groups excluding carboxylic acids is 2. The van der Waals surface area contributed by atoms with Crippen molar-refractivity contribution >= 4 is 11.9 Å². The molecule has 1 amide bonds. The third-order valence-electron chi connectivity index (χ3n) is 6.09. The Morgan fingerprint density at radius 1 is 1.32 bits per heavy atom. The lowest BCUT2D eigenvalue weighted by molar-refractivity contribution is -0.150. The summed E-state index contributed by atoms with van der Waals surface area (Å²) < 4.78 is 16.0. The van der Waals surface area contributed by atoms with Crippen LogP contribution < -0.4 is 0 Å². The van der Waals surface area contributed by atoms with E-state index >= 15 is 0 Å². The van der Waals surface area contributed by atoms with Gasteiger partial charge in [-0.05, 0) is 30.4 Å². The van der Waals surface area contributed by atoms with Crippen molar-refractivity contribution in [3.8, 4) is 11.7 Å². The van der Waals surface area contributed by atoms with Crippen LogP contribution in [0.4, 0.5) is 0 Å². The van der Waals surface area contributed by atoms with Crippen molar-refractivity contribution in [2.75, 3.05) is 6.54 Å². The SMILES string of the molecule is C[C@@H]1[C@H](C)CCC[C@@H]1N1C[C@H](C(=O)OCc2nnc(-c3ccco3)o2)CC1=O. The molecule has 1 aliphatic heterocycles.